The summed E-state index contributed by atoms with van der Waals surface area (Å²) in [4.78, 5) is 16.2. The summed E-state index contributed by atoms with van der Waals surface area (Å²) in [6, 6.07) is 4.63. The molecular weight excluding hydrogens is 350 g/mol. The number of ether oxygens (including phenoxy) is 1. The van der Waals surface area contributed by atoms with Crippen molar-refractivity contribution in [2.24, 2.45) is 5.14 Å². The van der Waals surface area contributed by atoms with E-state index in [-0.39, 0.29) is 10.9 Å². The van der Waals surface area contributed by atoms with E-state index >= 15 is 0 Å². The SMILES string of the molecule is CCCCn1c(S[C@H](C)C(=O)OC)nc2cc(S(N)(=O)=O)ccc21. The molecule has 1 atom stereocenters. The number of carbonyl (C=O) groups excluding carboxylic acids is 1. The molecule has 0 saturated carbocycles. The minimum absolute atomic E-state index is 0.0210. The maximum Gasteiger partial charge on any atom is 0.318 e. The van der Waals surface area contributed by atoms with E-state index < -0.39 is 15.3 Å². The van der Waals surface area contributed by atoms with Crippen LogP contribution in [-0.2, 0) is 26.1 Å². The van der Waals surface area contributed by atoms with Crippen LogP contribution in [0.2, 0.25) is 0 Å². The van der Waals surface area contributed by atoms with Crippen LogP contribution in [0.1, 0.15) is 26.7 Å². The van der Waals surface area contributed by atoms with Crippen molar-refractivity contribution < 1.29 is 17.9 Å². The van der Waals surface area contributed by atoms with E-state index in [1.807, 2.05) is 4.57 Å². The number of thioether (sulfide) groups is 1. The van der Waals surface area contributed by atoms with Gasteiger partial charge in [0.2, 0.25) is 10.0 Å². The van der Waals surface area contributed by atoms with Gasteiger partial charge in [0.1, 0.15) is 5.25 Å². The second kappa shape index (κ2) is 7.54. The highest BCUT2D eigenvalue weighted by molar-refractivity contribution is 8.00. The van der Waals surface area contributed by atoms with Crippen molar-refractivity contribution in [2.45, 2.75) is 48.5 Å². The summed E-state index contributed by atoms with van der Waals surface area (Å²) in [7, 11) is -2.44. The van der Waals surface area contributed by atoms with Crippen molar-refractivity contribution >= 4 is 38.8 Å². The molecule has 7 nitrogen and oxygen atoms in total. The molecule has 0 spiro atoms. The number of hydrogen-bond donors (Lipinski definition) is 1. The van der Waals surface area contributed by atoms with Crippen molar-refractivity contribution in [1.29, 1.82) is 0 Å². The summed E-state index contributed by atoms with van der Waals surface area (Å²) in [5, 5.41) is 5.43. The van der Waals surface area contributed by atoms with E-state index in [9.17, 15) is 13.2 Å². The third-order valence-corrected chi connectivity index (χ3v) is 5.54. The molecule has 0 fully saturated rings. The van der Waals surface area contributed by atoms with E-state index in [1.54, 1.807) is 13.0 Å². The first-order valence-electron chi connectivity index (χ1n) is 7.55. The Bertz CT molecular complexity index is 846. The average Bonchev–Trinajstić information content (AvgIpc) is 2.87. The van der Waals surface area contributed by atoms with Crippen LogP contribution in [0.25, 0.3) is 11.0 Å². The standard InChI is InChI=1S/C15H21N3O4S2/c1-4-5-8-18-13-7-6-11(24(16,20)21)9-12(13)17-15(18)23-10(2)14(19)22-3/h6-7,9-10H,4-5,8H2,1-3H3,(H2,16,20,21)/t10-/m1/s1. The first kappa shape index (κ1) is 18.8. The molecule has 0 aliphatic rings. The Hall–Kier alpha value is -1.58. The van der Waals surface area contributed by atoms with Crippen molar-refractivity contribution in [3.05, 3.63) is 18.2 Å². The molecule has 1 aromatic heterocycles. The Morgan fingerprint density at radius 3 is 2.75 bits per heavy atom. The molecule has 1 heterocycles. The second-order valence-electron chi connectivity index (χ2n) is 5.38. The number of imidazole rings is 1. The van der Waals surface area contributed by atoms with E-state index in [0.717, 1.165) is 24.9 Å². The molecule has 1 aromatic carbocycles. The molecule has 2 aromatic rings. The predicted molar refractivity (Wildman–Crippen MR) is 93.3 cm³/mol. The largest absolute Gasteiger partial charge is 0.468 e. The Morgan fingerprint density at radius 1 is 1.46 bits per heavy atom. The lowest BCUT2D eigenvalue weighted by Gasteiger charge is -2.11. The van der Waals surface area contributed by atoms with Crippen molar-refractivity contribution in [1.82, 2.24) is 9.55 Å². The highest BCUT2D eigenvalue weighted by atomic mass is 32.2. The maximum absolute atomic E-state index is 11.7. The zero-order valence-corrected chi connectivity index (χ0v) is 15.5. The molecular formula is C15H21N3O4S2. The van der Waals surface area contributed by atoms with Gasteiger partial charge < -0.3 is 9.30 Å². The molecule has 0 amide bonds. The van der Waals surface area contributed by atoms with E-state index in [2.05, 4.69) is 11.9 Å². The fraction of sp³-hybridized carbons (Fsp3) is 0.467. The number of aromatic nitrogens is 2. The second-order valence-corrected chi connectivity index (χ2v) is 8.25. The number of nitrogens with two attached hydrogens (primary N) is 1. The zero-order valence-electron chi connectivity index (χ0n) is 13.9. The Labute approximate surface area is 145 Å². The number of fused-ring (bicyclic) bond motifs is 1. The van der Waals surface area contributed by atoms with Crippen molar-refractivity contribution in [2.75, 3.05) is 7.11 Å². The lowest BCUT2D eigenvalue weighted by Crippen LogP contribution is -2.15. The number of rotatable bonds is 7. The Balaban J connectivity index is 2.49. The van der Waals surface area contributed by atoms with Gasteiger partial charge in [-0.2, -0.15) is 0 Å². The van der Waals surface area contributed by atoms with Crippen LogP contribution in [0.15, 0.2) is 28.3 Å². The highest BCUT2D eigenvalue weighted by Gasteiger charge is 2.20. The normalized spacial score (nSPS) is 13.2. The number of nitrogens with zero attached hydrogens (tertiary/aromatic N) is 2. The number of benzene rings is 1. The molecule has 0 aliphatic carbocycles. The smallest absolute Gasteiger partial charge is 0.318 e. The van der Waals surface area contributed by atoms with Crippen molar-refractivity contribution in [3.8, 4) is 0 Å². The lowest BCUT2D eigenvalue weighted by molar-refractivity contribution is -0.139. The third-order valence-electron chi connectivity index (χ3n) is 3.56. The van der Waals surface area contributed by atoms with Gasteiger partial charge in [0.15, 0.2) is 5.16 Å². The minimum atomic E-state index is -3.79. The number of unbranched alkanes of at least 4 members (excludes halogenated alkanes) is 1. The molecule has 2 N–H and O–H groups in total. The number of carbonyl (C=O) groups is 1. The number of sulfonamides is 1. The average molecular weight is 371 g/mol. The molecule has 0 saturated heterocycles. The number of hydrogen-bond acceptors (Lipinski definition) is 6. The molecule has 132 valence electrons. The molecule has 0 unspecified atom stereocenters. The number of methoxy groups -OCH3 is 1. The number of aryl methyl sites for hydroxylation is 1. The molecule has 9 heteroatoms. The predicted octanol–water partition coefficient (Wildman–Crippen LogP) is 2.14. The van der Waals surface area contributed by atoms with Crippen molar-refractivity contribution in [3.63, 3.8) is 0 Å². The fourth-order valence-electron chi connectivity index (χ4n) is 2.26. The van der Waals surface area contributed by atoms with E-state index in [1.165, 1.54) is 31.0 Å². The first-order chi connectivity index (χ1) is 11.3. The fourth-order valence-corrected chi connectivity index (χ4v) is 3.77. The van der Waals surface area contributed by atoms with Gasteiger partial charge in [0.05, 0.1) is 23.0 Å². The summed E-state index contributed by atoms with van der Waals surface area (Å²) in [6.07, 6.45) is 1.95. The summed E-state index contributed by atoms with van der Waals surface area (Å²) >= 11 is 1.29. The van der Waals surface area contributed by atoms with Gasteiger partial charge in [-0.15, -0.1) is 0 Å². The molecule has 2 rings (SSSR count). The van der Waals surface area contributed by atoms with Gasteiger partial charge >= 0.3 is 5.97 Å². The van der Waals surface area contributed by atoms with Gasteiger partial charge in [0, 0.05) is 6.54 Å². The first-order valence-corrected chi connectivity index (χ1v) is 9.98. The summed E-state index contributed by atoms with van der Waals surface area (Å²) in [6.45, 7) is 4.57. The topological polar surface area (TPSA) is 104 Å². The van der Waals surface area contributed by atoms with Crippen LogP contribution in [0.4, 0.5) is 0 Å². The molecule has 0 radical (unpaired) electrons. The zero-order chi connectivity index (χ0) is 17.9. The number of primary sulfonamides is 1. The summed E-state index contributed by atoms with van der Waals surface area (Å²) in [5.74, 6) is -0.334. The van der Waals surface area contributed by atoms with Crippen LogP contribution < -0.4 is 5.14 Å². The van der Waals surface area contributed by atoms with Crippen LogP contribution in [0, 0.1) is 0 Å². The van der Waals surface area contributed by atoms with Crippen LogP contribution >= 0.6 is 11.8 Å². The van der Waals surface area contributed by atoms with Crippen LogP contribution in [0.3, 0.4) is 0 Å². The van der Waals surface area contributed by atoms with Gasteiger partial charge in [-0.1, -0.05) is 25.1 Å². The van der Waals surface area contributed by atoms with Gasteiger partial charge in [-0.05, 0) is 31.5 Å². The quantitative estimate of drug-likeness (QED) is 0.590. The van der Waals surface area contributed by atoms with Gasteiger partial charge in [-0.3, -0.25) is 4.79 Å². The van der Waals surface area contributed by atoms with Crippen LogP contribution in [0.5, 0.6) is 0 Å². The molecule has 0 aliphatic heterocycles. The number of esters is 1. The maximum atomic E-state index is 11.7. The third kappa shape index (κ3) is 4.08. The summed E-state index contributed by atoms with van der Waals surface area (Å²) < 4.78 is 29.8. The molecule has 24 heavy (non-hydrogen) atoms. The molecule has 0 bridgehead atoms. The Morgan fingerprint density at radius 2 is 2.17 bits per heavy atom. The van der Waals surface area contributed by atoms with E-state index in [0.29, 0.717) is 10.7 Å². The monoisotopic (exact) mass is 371 g/mol. The van der Waals surface area contributed by atoms with Gasteiger partial charge in [-0.25, -0.2) is 18.5 Å². The van der Waals surface area contributed by atoms with E-state index in [4.69, 9.17) is 9.88 Å². The lowest BCUT2D eigenvalue weighted by atomic mass is 10.3. The van der Waals surface area contributed by atoms with Crippen LogP contribution in [-0.4, -0.2) is 36.3 Å². The highest BCUT2D eigenvalue weighted by Crippen LogP contribution is 2.29. The summed E-state index contributed by atoms with van der Waals surface area (Å²) in [5.41, 5.74) is 1.35. The Kier molecular flexibility index (Phi) is 5.89. The minimum Gasteiger partial charge on any atom is -0.468 e. The van der Waals surface area contributed by atoms with Gasteiger partial charge in [0.25, 0.3) is 0 Å².